The standard InChI is InChI=1S/C36H35ClN6O4S/c1-20-21(2)48-36-33(20)34(24-5-9-27(37)10-6-24)38-29(35-40-39-22(3)43(35)36)15-32(46)42-18-25-16-41(17-26(25)19-42)31(45)14-13-30(44)23-7-11-28(47-4)12-8-23/h5-14,25-26,29H,15-19H2,1-4H3/b14-13+/t25?,26?,29-/m0/s1. The minimum Gasteiger partial charge on any atom is -0.497 e. The summed E-state index contributed by atoms with van der Waals surface area (Å²) in [5.74, 6) is 1.98. The maximum Gasteiger partial charge on any atom is 0.246 e. The summed E-state index contributed by atoms with van der Waals surface area (Å²) < 4.78 is 7.20. The summed E-state index contributed by atoms with van der Waals surface area (Å²) in [4.78, 5) is 49.6. The molecule has 0 radical (unpaired) electrons. The van der Waals surface area contributed by atoms with Crippen LogP contribution >= 0.6 is 22.9 Å². The van der Waals surface area contributed by atoms with Gasteiger partial charge in [0.25, 0.3) is 0 Å². The average molecular weight is 683 g/mol. The number of thiophene rings is 1. The molecular formula is C36H35ClN6O4S. The second-order valence-electron chi connectivity index (χ2n) is 12.6. The molecule has 0 spiro atoms. The molecule has 5 heterocycles. The molecule has 2 aromatic heterocycles. The maximum atomic E-state index is 13.9. The number of halogens is 1. The van der Waals surface area contributed by atoms with Crippen molar-refractivity contribution in [3.63, 3.8) is 0 Å². The summed E-state index contributed by atoms with van der Waals surface area (Å²) in [5, 5.41) is 10.6. The van der Waals surface area contributed by atoms with Crippen molar-refractivity contribution in [3.05, 3.63) is 104 Å². The van der Waals surface area contributed by atoms with E-state index in [0.29, 0.717) is 48.3 Å². The summed E-state index contributed by atoms with van der Waals surface area (Å²) in [6, 6.07) is 13.9. The number of amides is 2. The molecule has 10 nitrogen and oxygen atoms in total. The highest BCUT2D eigenvalue weighted by Crippen LogP contribution is 2.40. The predicted octanol–water partition coefficient (Wildman–Crippen LogP) is 5.55. The predicted molar refractivity (Wildman–Crippen MR) is 185 cm³/mol. The van der Waals surface area contributed by atoms with E-state index in [1.165, 1.54) is 17.0 Å². The Morgan fingerprint density at radius 2 is 1.58 bits per heavy atom. The molecule has 7 rings (SSSR count). The van der Waals surface area contributed by atoms with Crippen molar-refractivity contribution >= 4 is 46.2 Å². The summed E-state index contributed by atoms with van der Waals surface area (Å²) >= 11 is 7.92. The van der Waals surface area contributed by atoms with E-state index < -0.39 is 6.04 Å². The third kappa shape index (κ3) is 5.85. The molecule has 2 unspecified atom stereocenters. The van der Waals surface area contributed by atoms with Crippen molar-refractivity contribution < 1.29 is 19.1 Å². The third-order valence-electron chi connectivity index (χ3n) is 9.63. The number of aromatic nitrogens is 3. The Bertz CT molecular complexity index is 1970. The number of carbonyl (C=O) groups is 3. The Kier molecular flexibility index (Phi) is 8.51. The van der Waals surface area contributed by atoms with Crippen LogP contribution in [-0.4, -0.2) is 81.2 Å². The zero-order chi connectivity index (χ0) is 33.7. The molecule has 2 amide bonds. The van der Waals surface area contributed by atoms with Crippen LogP contribution in [0, 0.1) is 32.6 Å². The molecule has 2 saturated heterocycles. The number of hydrogen-bond donors (Lipinski definition) is 0. The quantitative estimate of drug-likeness (QED) is 0.187. The van der Waals surface area contributed by atoms with Crippen molar-refractivity contribution in [3.8, 4) is 10.8 Å². The highest BCUT2D eigenvalue weighted by Gasteiger charge is 2.43. The number of methoxy groups -OCH3 is 1. The van der Waals surface area contributed by atoms with Gasteiger partial charge in [-0.1, -0.05) is 23.7 Å². The van der Waals surface area contributed by atoms with Gasteiger partial charge in [0.15, 0.2) is 11.6 Å². The lowest BCUT2D eigenvalue weighted by Gasteiger charge is -2.22. The van der Waals surface area contributed by atoms with Crippen molar-refractivity contribution in [1.82, 2.24) is 24.6 Å². The first-order valence-electron chi connectivity index (χ1n) is 15.9. The van der Waals surface area contributed by atoms with Crippen molar-refractivity contribution in [2.75, 3.05) is 33.3 Å². The minimum absolute atomic E-state index is 0.00169. The largest absolute Gasteiger partial charge is 0.497 e. The van der Waals surface area contributed by atoms with Crippen LogP contribution in [0.1, 0.15) is 56.0 Å². The summed E-state index contributed by atoms with van der Waals surface area (Å²) in [6.07, 6.45) is 2.82. The Morgan fingerprint density at radius 3 is 2.25 bits per heavy atom. The second kappa shape index (κ2) is 12.8. The van der Waals surface area contributed by atoms with Crippen LogP contribution in [0.5, 0.6) is 5.75 Å². The fourth-order valence-electron chi connectivity index (χ4n) is 6.91. The number of fused-ring (bicyclic) bond motifs is 4. The molecule has 246 valence electrons. The molecule has 0 N–H and O–H groups in total. The van der Waals surface area contributed by atoms with Gasteiger partial charge in [0.1, 0.15) is 22.6 Å². The van der Waals surface area contributed by atoms with Gasteiger partial charge in [0, 0.05) is 70.7 Å². The highest BCUT2D eigenvalue weighted by atomic mass is 35.5. The fourth-order valence-corrected chi connectivity index (χ4v) is 8.25. The van der Waals surface area contributed by atoms with E-state index in [9.17, 15) is 14.4 Å². The van der Waals surface area contributed by atoms with Crippen LogP contribution < -0.4 is 4.74 Å². The molecule has 48 heavy (non-hydrogen) atoms. The molecule has 3 atom stereocenters. The van der Waals surface area contributed by atoms with Crippen molar-refractivity contribution in [2.24, 2.45) is 16.8 Å². The van der Waals surface area contributed by atoms with Gasteiger partial charge in [-0.15, -0.1) is 21.5 Å². The van der Waals surface area contributed by atoms with Gasteiger partial charge < -0.3 is 14.5 Å². The molecular weight excluding hydrogens is 648 g/mol. The van der Waals surface area contributed by atoms with Crippen molar-refractivity contribution in [1.29, 1.82) is 0 Å². The Hall–Kier alpha value is -4.61. The van der Waals surface area contributed by atoms with Crippen molar-refractivity contribution in [2.45, 2.75) is 33.2 Å². The van der Waals surface area contributed by atoms with E-state index in [-0.39, 0.29) is 35.9 Å². The number of aryl methyl sites for hydroxylation is 2. The van der Waals surface area contributed by atoms with Crippen LogP contribution in [0.3, 0.4) is 0 Å². The zero-order valence-corrected chi connectivity index (χ0v) is 28.7. The molecule has 0 saturated carbocycles. The van der Waals surface area contributed by atoms with Gasteiger partial charge in [0.05, 0.1) is 19.2 Å². The third-order valence-corrected chi connectivity index (χ3v) is 11.1. The zero-order valence-electron chi connectivity index (χ0n) is 27.1. The summed E-state index contributed by atoms with van der Waals surface area (Å²) in [5.41, 5.74) is 4.40. The lowest BCUT2D eigenvalue weighted by atomic mass is 9.99. The maximum absolute atomic E-state index is 13.9. The van der Waals surface area contributed by atoms with Gasteiger partial charge in [0.2, 0.25) is 11.8 Å². The first-order chi connectivity index (χ1) is 23.1. The van der Waals surface area contributed by atoms with Crippen LogP contribution in [0.2, 0.25) is 5.02 Å². The molecule has 3 aliphatic heterocycles. The van der Waals surface area contributed by atoms with E-state index in [0.717, 1.165) is 33.2 Å². The summed E-state index contributed by atoms with van der Waals surface area (Å²) in [6.45, 7) is 8.36. The second-order valence-corrected chi connectivity index (χ2v) is 14.2. The van der Waals surface area contributed by atoms with Crippen LogP contribution in [-0.2, 0) is 9.59 Å². The number of aliphatic imine (C=N–C) groups is 1. The first-order valence-corrected chi connectivity index (χ1v) is 17.1. The normalized spacial score (nSPS) is 19.9. The molecule has 2 fully saturated rings. The topological polar surface area (TPSA) is 110 Å². The molecule has 3 aliphatic rings. The molecule has 0 aliphatic carbocycles. The average Bonchev–Trinajstić information content (AvgIpc) is 3.83. The number of carbonyl (C=O) groups excluding carboxylic acids is 3. The lowest BCUT2D eigenvalue weighted by Crippen LogP contribution is -2.35. The highest BCUT2D eigenvalue weighted by molar-refractivity contribution is 7.15. The van der Waals surface area contributed by atoms with Crippen LogP contribution in [0.4, 0.5) is 0 Å². The Morgan fingerprint density at radius 1 is 0.917 bits per heavy atom. The Labute approximate surface area is 287 Å². The lowest BCUT2D eigenvalue weighted by molar-refractivity contribution is -0.131. The van der Waals surface area contributed by atoms with Gasteiger partial charge in [-0.25, -0.2) is 0 Å². The number of benzene rings is 2. The van der Waals surface area contributed by atoms with E-state index in [1.807, 2.05) is 36.1 Å². The summed E-state index contributed by atoms with van der Waals surface area (Å²) in [7, 11) is 1.57. The number of likely N-dealkylation sites (tertiary alicyclic amines) is 2. The number of ketones is 1. The molecule has 0 bridgehead atoms. The van der Waals surface area contributed by atoms with E-state index >= 15 is 0 Å². The van der Waals surface area contributed by atoms with Crippen LogP contribution in [0.25, 0.3) is 5.00 Å². The van der Waals surface area contributed by atoms with E-state index in [4.69, 9.17) is 21.3 Å². The number of rotatable bonds is 7. The van der Waals surface area contributed by atoms with Gasteiger partial charge in [-0.3, -0.25) is 23.9 Å². The number of allylic oxidation sites excluding steroid dienone is 1. The SMILES string of the molecule is COc1ccc(C(=O)/C=C/C(=O)N2CC3CN(C(=O)C[C@@H]4N=C(c5ccc(Cl)cc5)c5c(sc(C)c5C)-n5c(C)nnc54)CC3C2)cc1. The minimum atomic E-state index is -0.532. The molecule has 2 aromatic carbocycles. The fraction of sp³-hybridized carbons (Fsp3) is 0.333. The first kappa shape index (κ1) is 32.0. The molecule has 4 aromatic rings. The smallest absolute Gasteiger partial charge is 0.246 e. The van der Waals surface area contributed by atoms with Gasteiger partial charge in [-0.05, 0) is 68.8 Å². The van der Waals surface area contributed by atoms with Gasteiger partial charge >= 0.3 is 0 Å². The number of hydrogen-bond acceptors (Lipinski definition) is 8. The Balaban J connectivity index is 1.06. The number of ether oxygens (including phenoxy) is 1. The van der Waals surface area contributed by atoms with E-state index in [1.54, 1.807) is 47.6 Å². The monoisotopic (exact) mass is 682 g/mol. The number of nitrogens with zero attached hydrogens (tertiary/aromatic N) is 6. The van der Waals surface area contributed by atoms with Gasteiger partial charge in [-0.2, -0.15) is 0 Å². The molecule has 12 heteroatoms. The van der Waals surface area contributed by atoms with Crippen LogP contribution in [0.15, 0.2) is 65.7 Å². The van der Waals surface area contributed by atoms with E-state index in [2.05, 4.69) is 28.6 Å².